The average molecular weight is 317 g/mol. The number of nitriles is 1. The van der Waals surface area contributed by atoms with Gasteiger partial charge in [0, 0.05) is 11.5 Å². The summed E-state index contributed by atoms with van der Waals surface area (Å²) in [6, 6.07) is 17.5. The zero-order valence-corrected chi connectivity index (χ0v) is 14.2. The Morgan fingerprint density at radius 2 is 1.67 bits per heavy atom. The molecule has 24 heavy (non-hydrogen) atoms. The van der Waals surface area contributed by atoms with Crippen LogP contribution in [0.25, 0.3) is 11.1 Å². The van der Waals surface area contributed by atoms with E-state index in [1.165, 1.54) is 25.7 Å². The maximum Gasteiger partial charge on any atom is 0.166 e. The first kappa shape index (κ1) is 16.5. The Labute approximate surface area is 144 Å². The molecule has 0 N–H and O–H groups in total. The molecule has 1 saturated carbocycles. The summed E-state index contributed by atoms with van der Waals surface area (Å²) < 4.78 is 0. The quantitative estimate of drug-likeness (QED) is 0.491. The van der Waals surface area contributed by atoms with Gasteiger partial charge >= 0.3 is 0 Å². The number of rotatable bonds is 7. The van der Waals surface area contributed by atoms with Gasteiger partial charge in [0.05, 0.1) is 11.6 Å². The van der Waals surface area contributed by atoms with Gasteiger partial charge in [0.25, 0.3) is 0 Å². The second kappa shape index (κ2) is 7.45. The zero-order chi connectivity index (χ0) is 16.9. The van der Waals surface area contributed by atoms with E-state index in [1.54, 1.807) is 0 Å². The number of carbonyl (C=O) groups is 1. The Balaban J connectivity index is 1.62. The van der Waals surface area contributed by atoms with Gasteiger partial charge in [0.1, 0.15) is 0 Å². The first-order valence-corrected chi connectivity index (χ1v) is 8.87. The van der Waals surface area contributed by atoms with Gasteiger partial charge in [-0.25, -0.2) is 0 Å². The predicted molar refractivity (Wildman–Crippen MR) is 96.7 cm³/mol. The third-order valence-electron chi connectivity index (χ3n) is 4.95. The maximum absolute atomic E-state index is 12.5. The van der Waals surface area contributed by atoms with Crippen molar-refractivity contribution in [2.45, 2.75) is 39.0 Å². The van der Waals surface area contributed by atoms with E-state index < -0.39 is 0 Å². The molecule has 2 heteroatoms. The summed E-state index contributed by atoms with van der Waals surface area (Å²) in [5, 5.41) is 8.86. The van der Waals surface area contributed by atoms with Crippen molar-refractivity contribution in [3.05, 3.63) is 59.7 Å². The van der Waals surface area contributed by atoms with Gasteiger partial charge < -0.3 is 0 Å². The summed E-state index contributed by atoms with van der Waals surface area (Å²) in [4.78, 5) is 12.5. The van der Waals surface area contributed by atoms with Crippen LogP contribution in [0.4, 0.5) is 0 Å². The highest BCUT2D eigenvalue weighted by Crippen LogP contribution is 2.44. The van der Waals surface area contributed by atoms with Crippen LogP contribution < -0.4 is 0 Å². The minimum atomic E-state index is 0.252. The fraction of sp³-hybridized carbons (Fsp3) is 0.364. The molecule has 1 aliphatic carbocycles. The number of hydrogen-bond donors (Lipinski definition) is 0. The van der Waals surface area contributed by atoms with Gasteiger partial charge in [-0.1, -0.05) is 62.6 Å². The molecule has 2 aromatic carbocycles. The van der Waals surface area contributed by atoms with Crippen LogP contribution in [-0.2, 0) is 0 Å². The SMILES string of the molecule is CCCCC[C@@H]1C[C@@H]1C(=O)c1ccc(-c2ccc(C#N)cc2)cc1. The van der Waals surface area contributed by atoms with Crippen molar-refractivity contribution < 1.29 is 4.79 Å². The molecule has 0 aromatic heterocycles. The molecule has 1 fully saturated rings. The molecule has 0 saturated heterocycles. The number of ketones is 1. The van der Waals surface area contributed by atoms with Crippen molar-refractivity contribution in [2.24, 2.45) is 11.8 Å². The molecule has 3 rings (SSSR count). The van der Waals surface area contributed by atoms with Gasteiger partial charge in [-0.05, 0) is 42.0 Å². The van der Waals surface area contributed by atoms with Crippen molar-refractivity contribution in [3.8, 4) is 17.2 Å². The fourth-order valence-corrected chi connectivity index (χ4v) is 3.32. The van der Waals surface area contributed by atoms with Gasteiger partial charge in [-0.3, -0.25) is 4.79 Å². The lowest BCUT2D eigenvalue weighted by molar-refractivity contribution is 0.0960. The van der Waals surface area contributed by atoms with E-state index in [9.17, 15) is 4.79 Å². The number of nitrogens with zero attached hydrogens (tertiary/aromatic N) is 1. The van der Waals surface area contributed by atoms with E-state index in [0.717, 1.165) is 23.1 Å². The third kappa shape index (κ3) is 3.74. The van der Waals surface area contributed by atoms with E-state index in [0.29, 0.717) is 17.3 Å². The van der Waals surface area contributed by atoms with Crippen molar-refractivity contribution in [2.75, 3.05) is 0 Å². The van der Waals surface area contributed by atoms with E-state index in [-0.39, 0.29) is 5.92 Å². The molecule has 2 aromatic rings. The van der Waals surface area contributed by atoms with Gasteiger partial charge in [-0.2, -0.15) is 5.26 Å². The molecular formula is C22H23NO. The van der Waals surface area contributed by atoms with Crippen LogP contribution in [-0.4, -0.2) is 5.78 Å². The Morgan fingerprint density at radius 3 is 2.25 bits per heavy atom. The normalized spacial score (nSPS) is 18.8. The molecule has 0 radical (unpaired) electrons. The lowest BCUT2D eigenvalue weighted by Crippen LogP contribution is -2.03. The first-order chi connectivity index (χ1) is 11.7. The van der Waals surface area contributed by atoms with Crippen molar-refractivity contribution >= 4 is 5.78 Å². The molecule has 2 nitrogen and oxygen atoms in total. The van der Waals surface area contributed by atoms with Gasteiger partial charge in [-0.15, -0.1) is 0 Å². The largest absolute Gasteiger partial charge is 0.294 e. The molecular weight excluding hydrogens is 294 g/mol. The highest BCUT2D eigenvalue weighted by molar-refractivity contribution is 6.00. The van der Waals surface area contributed by atoms with Crippen molar-refractivity contribution in [3.63, 3.8) is 0 Å². The Kier molecular flexibility index (Phi) is 5.11. The number of hydrogen-bond acceptors (Lipinski definition) is 2. The van der Waals surface area contributed by atoms with Crippen LogP contribution in [0.2, 0.25) is 0 Å². The van der Waals surface area contributed by atoms with E-state index in [2.05, 4.69) is 13.0 Å². The first-order valence-electron chi connectivity index (χ1n) is 8.87. The van der Waals surface area contributed by atoms with Crippen LogP contribution in [0, 0.1) is 23.2 Å². The second-order valence-corrected chi connectivity index (χ2v) is 6.73. The highest BCUT2D eigenvalue weighted by Gasteiger charge is 2.42. The summed E-state index contributed by atoms with van der Waals surface area (Å²) in [6.45, 7) is 2.21. The van der Waals surface area contributed by atoms with E-state index in [1.807, 2.05) is 48.5 Å². The second-order valence-electron chi connectivity index (χ2n) is 6.73. The molecule has 0 bridgehead atoms. The summed E-state index contributed by atoms with van der Waals surface area (Å²) in [5.41, 5.74) is 3.63. The van der Waals surface area contributed by atoms with Gasteiger partial charge in [0.15, 0.2) is 5.78 Å². The smallest absolute Gasteiger partial charge is 0.166 e. The summed E-state index contributed by atoms with van der Waals surface area (Å²) in [6.07, 6.45) is 6.04. The topological polar surface area (TPSA) is 40.9 Å². The molecule has 2 atom stereocenters. The Bertz CT molecular complexity index is 737. The van der Waals surface area contributed by atoms with Gasteiger partial charge in [0.2, 0.25) is 0 Å². The third-order valence-corrected chi connectivity index (χ3v) is 4.95. The molecule has 1 aliphatic rings. The minimum absolute atomic E-state index is 0.252. The summed E-state index contributed by atoms with van der Waals surface area (Å²) in [7, 11) is 0. The molecule has 0 unspecified atom stereocenters. The number of carbonyl (C=O) groups excluding carboxylic acids is 1. The van der Waals surface area contributed by atoms with Crippen LogP contribution in [0.1, 0.15) is 54.9 Å². The average Bonchev–Trinajstić information content (AvgIpc) is 3.41. The number of unbranched alkanes of at least 4 members (excludes halogenated alkanes) is 2. The minimum Gasteiger partial charge on any atom is -0.294 e. The fourth-order valence-electron chi connectivity index (χ4n) is 3.32. The van der Waals surface area contributed by atoms with Crippen LogP contribution in [0.15, 0.2) is 48.5 Å². The van der Waals surface area contributed by atoms with E-state index in [4.69, 9.17) is 5.26 Å². The predicted octanol–water partition coefficient (Wildman–Crippen LogP) is 5.62. The van der Waals surface area contributed by atoms with Crippen LogP contribution in [0.5, 0.6) is 0 Å². The Hall–Kier alpha value is -2.40. The molecule has 0 amide bonds. The van der Waals surface area contributed by atoms with E-state index >= 15 is 0 Å². The summed E-state index contributed by atoms with van der Waals surface area (Å²) >= 11 is 0. The zero-order valence-electron chi connectivity index (χ0n) is 14.2. The number of benzene rings is 2. The van der Waals surface area contributed by atoms with Crippen LogP contribution in [0.3, 0.4) is 0 Å². The highest BCUT2D eigenvalue weighted by atomic mass is 16.1. The summed E-state index contributed by atoms with van der Waals surface area (Å²) in [5.74, 6) is 1.17. The lowest BCUT2D eigenvalue weighted by atomic mass is 9.99. The lowest BCUT2D eigenvalue weighted by Gasteiger charge is -2.05. The molecule has 122 valence electrons. The molecule has 0 heterocycles. The number of Topliss-reactive ketones (excluding diaryl/α,β-unsaturated/α-hetero) is 1. The molecule has 0 aliphatic heterocycles. The van der Waals surface area contributed by atoms with Crippen molar-refractivity contribution in [1.29, 1.82) is 5.26 Å². The maximum atomic E-state index is 12.5. The monoisotopic (exact) mass is 317 g/mol. The van der Waals surface area contributed by atoms with Crippen LogP contribution >= 0.6 is 0 Å². The Morgan fingerprint density at radius 1 is 1.04 bits per heavy atom. The van der Waals surface area contributed by atoms with Crippen molar-refractivity contribution in [1.82, 2.24) is 0 Å². The standard InChI is InChI=1S/C22H23NO/c1-2-3-4-5-20-14-21(20)22(24)19-12-10-18(11-13-19)17-8-6-16(15-23)7-9-17/h6-13,20-21H,2-5,14H2,1H3/t20-,21+/m1/s1. The molecule has 0 spiro atoms.